The lowest BCUT2D eigenvalue weighted by Crippen LogP contribution is -2.39. The van der Waals surface area contributed by atoms with Gasteiger partial charge in [-0.1, -0.05) is 19.1 Å². The minimum absolute atomic E-state index is 0.193. The van der Waals surface area contributed by atoms with Crippen LogP contribution in [0.1, 0.15) is 25.3 Å². The molecular weight excluding hydrogens is 270 g/mol. The fourth-order valence-electron chi connectivity index (χ4n) is 2.96. The molecule has 21 heavy (non-hydrogen) atoms. The molecule has 1 aliphatic heterocycles. The Morgan fingerprint density at radius 3 is 2.71 bits per heavy atom. The summed E-state index contributed by atoms with van der Waals surface area (Å²) in [7, 11) is 0.508. The molecule has 0 aromatic heterocycles. The quantitative estimate of drug-likeness (QED) is 0.790. The van der Waals surface area contributed by atoms with E-state index >= 15 is 0 Å². The van der Waals surface area contributed by atoms with Gasteiger partial charge in [-0.15, -0.1) is 0 Å². The van der Waals surface area contributed by atoms with Crippen LogP contribution in [-0.4, -0.2) is 59.7 Å². The number of nitrogens with zero attached hydrogens (tertiary/aromatic N) is 2. The molecule has 1 fully saturated rings. The number of hydrogen-bond donors (Lipinski definition) is 2. The first-order chi connectivity index (χ1) is 10.0. The van der Waals surface area contributed by atoms with Gasteiger partial charge in [-0.3, -0.25) is 4.90 Å². The Labute approximate surface area is 126 Å². The lowest BCUT2D eigenvalue weighted by Gasteiger charge is -2.30. The van der Waals surface area contributed by atoms with E-state index in [1.54, 1.807) is 12.1 Å². The molecule has 6 heteroatoms. The van der Waals surface area contributed by atoms with E-state index in [4.69, 9.17) is 10.0 Å². The molecule has 1 heterocycles. The predicted octanol–water partition coefficient (Wildman–Crippen LogP) is 0.422. The number of halogens is 1. The van der Waals surface area contributed by atoms with Gasteiger partial charge in [0.05, 0.1) is 0 Å². The lowest BCUT2D eigenvalue weighted by molar-refractivity contribution is 0.174. The van der Waals surface area contributed by atoms with Gasteiger partial charge in [0.2, 0.25) is 0 Å². The summed E-state index contributed by atoms with van der Waals surface area (Å²) >= 11 is 0. The summed E-state index contributed by atoms with van der Waals surface area (Å²) in [5, 5.41) is 18.2. The van der Waals surface area contributed by atoms with Gasteiger partial charge in [0.15, 0.2) is 0 Å². The van der Waals surface area contributed by atoms with Crippen LogP contribution in [0, 0.1) is 5.82 Å². The summed E-state index contributed by atoms with van der Waals surface area (Å²) in [6.45, 7) is 5.78. The average Bonchev–Trinajstić information content (AvgIpc) is 2.62. The Morgan fingerprint density at radius 2 is 2.10 bits per heavy atom. The molecule has 1 atom stereocenters. The van der Waals surface area contributed by atoms with E-state index in [0.29, 0.717) is 18.2 Å². The predicted molar refractivity (Wildman–Crippen MR) is 82.8 cm³/mol. The molecular formula is C15H24BFN2O2. The van der Waals surface area contributed by atoms with Crippen molar-refractivity contribution in [2.45, 2.75) is 32.4 Å². The number of benzene rings is 1. The van der Waals surface area contributed by atoms with Crippen LogP contribution < -0.4 is 5.46 Å². The van der Waals surface area contributed by atoms with E-state index in [1.165, 1.54) is 6.07 Å². The van der Waals surface area contributed by atoms with E-state index in [1.807, 2.05) is 0 Å². The van der Waals surface area contributed by atoms with Gasteiger partial charge in [0, 0.05) is 31.2 Å². The van der Waals surface area contributed by atoms with Gasteiger partial charge in [0.1, 0.15) is 5.82 Å². The molecule has 0 amide bonds. The van der Waals surface area contributed by atoms with Crippen LogP contribution >= 0.6 is 0 Å². The van der Waals surface area contributed by atoms with Gasteiger partial charge < -0.3 is 14.9 Å². The first-order valence-electron chi connectivity index (χ1n) is 7.58. The van der Waals surface area contributed by atoms with Crippen molar-refractivity contribution >= 4 is 12.6 Å². The SMILES string of the molecule is CCC1CN(C)CCCN1Cc1ccc(B(O)O)cc1F. The van der Waals surface area contributed by atoms with Crippen molar-refractivity contribution in [2.24, 2.45) is 0 Å². The van der Waals surface area contributed by atoms with Crippen LogP contribution in [0.2, 0.25) is 0 Å². The highest BCUT2D eigenvalue weighted by Crippen LogP contribution is 2.17. The first-order valence-corrected chi connectivity index (χ1v) is 7.58. The molecule has 0 radical (unpaired) electrons. The summed E-state index contributed by atoms with van der Waals surface area (Å²) in [4.78, 5) is 4.66. The fraction of sp³-hybridized carbons (Fsp3) is 0.600. The van der Waals surface area contributed by atoms with Crippen LogP contribution in [-0.2, 0) is 6.54 Å². The van der Waals surface area contributed by atoms with Crippen molar-refractivity contribution in [3.63, 3.8) is 0 Å². The second-order valence-electron chi connectivity index (χ2n) is 5.87. The maximum atomic E-state index is 14.1. The molecule has 116 valence electrons. The van der Waals surface area contributed by atoms with Crippen LogP contribution in [0.15, 0.2) is 18.2 Å². The zero-order chi connectivity index (χ0) is 15.4. The highest BCUT2D eigenvalue weighted by atomic mass is 19.1. The monoisotopic (exact) mass is 294 g/mol. The molecule has 0 aliphatic carbocycles. The second-order valence-corrected chi connectivity index (χ2v) is 5.87. The average molecular weight is 294 g/mol. The molecule has 4 nitrogen and oxygen atoms in total. The van der Waals surface area contributed by atoms with Crippen molar-refractivity contribution in [1.29, 1.82) is 0 Å². The molecule has 2 N–H and O–H groups in total. The smallest absolute Gasteiger partial charge is 0.423 e. The normalized spacial score (nSPS) is 21.3. The third-order valence-electron chi connectivity index (χ3n) is 4.24. The van der Waals surface area contributed by atoms with Crippen molar-refractivity contribution in [3.05, 3.63) is 29.6 Å². The number of hydrogen-bond acceptors (Lipinski definition) is 4. The number of rotatable bonds is 4. The van der Waals surface area contributed by atoms with E-state index in [0.717, 1.165) is 32.5 Å². The van der Waals surface area contributed by atoms with E-state index in [2.05, 4.69) is 23.8 Å². The first kappa shape index (κ1) is 16.4. The van der Waals surface area contributed by atoms with Crippen molar-refractivity contribution < 1.29 is 14.4 Å². The summed E-state index contributed by atoms with van der Waals surface area (Å²) in [6.07, 6.45) is 2.13. The standard InChI is InChI=1S/C15H24BFN2O2/c1-3-14-11-18(2)7-4-8-19(14)10-12-5-6-13(16(20)21)9-15(12)17/h5-6,9,14,20-21H,3-4,7-8,10-11H2,1-2H3. The van der Waals surface area contributed by atoms with Crippen LogP contribution in [0.5, 0.6) is 0 Å². The van der Waals surface area contributed by atoms with Crippen LogP contribution in [0.4, 0.5) is 4.39 Å². The van der Waals surface area contributed by atoms with Crippen LogP contribution in [0.3, 0.4) is 0 Å². The molecule has 0 saturated carbocycles. The van der Waals surface area contributed by atoms with Gasteiger partial charge in [-0.05, 0) is 38.0 Å². The molecule has 1 aromatic rings. The third kappa shape index (κ3) is 4.26. The molecule has 0 spiro atoms. The van der Waals surface area contributed by atoms with E-state index < -0.39 is 7.12 Å². The largest absolute Gasteiger partial charge is 0.488 e. The Hall–Kier alpha value is -0.945. The van der Waals surface area contributed by atoms with Gasteiger partial charge >= 0.3 is 7.12 Å². The molecule has 1 aliphatic rings. The second kappa shape index (κ2) is 7.36. The molecule has 1 saturated heterocycles. The summed E-state index contributed by atoms with van der Waals surface area (Å²) in [5.41, 5.74) is 0.807. The minimum Gasteiger partial charge on any atom is -0.423 e. The van der Waals surface area contributed by atoms with Crippen LogP contribution in [0.25, 0.3) is 0 Å². The van der Waals surface area contributed by atoms with Crippen molar-refractivity contribution in [3.8, 4) is 0 Å². The zero-order valence-corrected chi connectivity index (χ0v) is 12.8. The van der Waals surface area contributed by atoms with Crippen molar-refractivity contribution in [2.75, 3.05) is 26.7 Å². The molecule has 1 unspecified atom stereocenters. The summed E-state index contributed by atoms with van der Waals surface area (Å²) < 4.78 is 14.1. The maximum Gasteiger partial charge on any atom is 0.488 e. The van der Waals surface area contributed by atoms with E-state index in [-0.39, 0.29) is 11.3 Å². The summed E-state index contributed by atoms with van der Waals surface area (Å²) in [5.74, 6) is -0.368. The fourth-order valence-corrected chi connectivity index (χ4v) is 2.96. The minimum atomic E-state index is -1.62. The zero-order valence-electron chi connectivity index (χ0n) is 12.8. The lowest BCUT2D eigenvalue weighted by atomic mass is 9.80. The Morgan fingerprint density at radius 1 is 1.33 bits per heavy atom. The Balaban J connectivity index is 2.12. The third-order valence-corrected chi connectivity index (χ3v) is 4.24. The van der Waals surface area contributed by atoms with E-state index in [9.17, 15) is 4.39 Å². The molecule has 1 aromatic carbocycles. The van der Waals surface area contributed by atoms with Gasteiger partial charge in [-0.25, -0.2) is 4.39 Å². The number of likely N-dealkylation sites (N-methyl/N-ethyl adjacent to an activating group) is 1. The molecule has 2 rings (SSSR count). The maximum absolute atomic E-state index is 14.1. The Kier molecular flexibility index (Phi) is 5.76. The Bertz CT molecular complexity index is 473. The topological polar surface area (TPSA) is 46.9 Å². The summed E-state index contributed by atoms with van der Waals surface area (Å²) in [6, 6.07) is 4.88. The highest BCUT2D eigenvalue weighted by molar-refractivity contribution is 6.58. The van der Waals surface area contributed by atoms with Gasteiger partial charge in [0.25, 0.3) is 0 Å². The van der Waals surface area contributed by atoms with Crippen molar-refractivity contribution in [1.82, 2.24) is 9.80 Å². The molecule has 0 bridgehead atoms. The van der Waals surface area contributed by atoms with Gasteiger partial charge in [-0.2, -0.15) is 0 Å². The highest BCUT2D eigenvalue weighted by Gasteiger charge is 2.23.